The lowest BCUT2D eigenvalue weighted by Gasteiger charge is -2.38. The molecule has 0 radical (unpaired) electrons. The van der Waals surface area contributed by atoms with E-state index < -0.39 is 87.1 Å². The number of hydrogen-bond donors (Lipinski definition) is 0. The van der Waals surface area contributed by atoms with Gasteiger partial charge in [-0.3, -0.25) is 9.59 Å². The minimum Gasteiger partial charge on any atom is -0.743 e. The highest BCUT2D eigenvalue weighted by Gasteiger charge is 2.73. The summed E-state index contributed by atoms with van der Waals surface area (Å²) in [4.78, 5) is 24.4. The van der Waals surface area contributed by atoms with Crippen molar-refractivity contribution in [1.82, 2.24) is 0 Å². The third-order valence-corrected chi connectivity index (χ3v) is 7.53. The molecule has 2 aliphatic heterocycles. The van der Waals surface area contributed by atoms with Crippen molar-refractivity contribution in [2.45, 2.75) is 75.0 Å². The lowest BCUT2D eigenvalue weighted by Crippen LogP contribution is -2.55. The summed E-state index contributed by atoms with van der Waals surface area (Å²) in [5.74, 6) is -15.3. The summed E-state index contributed by atoms with van der Waals surface area (Å²) in [6, 6.07) is 0. The van der Waals surface area contributed by atoms with Crippen molar-refractivity contribution in [1.29, 1.82) is 0 Å². The van der Waals surface area contributed by atoms with E-state index in [1.165, 1.54) is 20.8 Å². The number of carbonyl (C=O) groups is 2. The normalized spacial score (nSPS) is 39.7. The van der Waals surface area contributed by atoms with E-state index in [1.54, 1.807) is 0 Å². The third kappa shape index (κ3) is 3.41. The first-order chi connectivity index (χ1) is 14.4. The molecule has 0 aromatic carbocycles. The summed E-state index contributed by atoms with van der Waals surface area (Å²) in [6.45, 7) is 4.10. The van der Waals surface area contributed by atoms with Crippen LogP contribution in [0.4, 0.5) is 17.6 Å². The number of carbonyl (C=O) groups excluding carboxylic acids is 2. The SMILES string of the molecule is CC1(C)OC(=O)C(CC2(C)OC3C4CC(C3O2)C(C(F)(F)C(F)(F)S(=O)(=O)[O-])C4)C(=O)O1. The second-order valence-corrected chi connectivity index (χ2v) is 10.8. The van der Waals surface area contributed by atoms with E-state index in [1.807, 2.05) is 0 Å². The average molecular weight is 489 g/mol. The molecule has 0 N–H and O–H groups in total. The molecule has 4 rings (SSSR count). The van der Waals surface area contributed by atoms with Crippen LogP contribution in [0, 0.1) is 23.7 Å². The zero-order valence-corrected chi connectivity index (χ0v) is 18.0. The van der Waals surface area contributed by atoms with Gasteiger partial charge in [-0.25, -0.2) is 8.42 Å². The smallest absolute Gasteiger partial charge is 0.396 e. The Kier molecular flexibility index (Phi) is 5.00. The second kappa shape index (κ2) is 6.76. The van der Waals surface area contributed by atoms with Gasteiger partial charge in [0.1, 0.15) is 0 Å². The minimum atomic E-state index is -6.61. The van der Waals surface area contributed by atoms with Crippen LogP contribution in [-0.4, -0.2) is 59.9 Å². The number of alkyl halides is 4. The van der Waals surface area contributed by atoms with Crippen LogP contribution in [0.2, 0.25) is 0 Å². The van der Waals surface area contributed by atoms with Gasteiger partial charge in [0, 0.05) is 26.2 Å². The Morgan fingerprint density at radius 3 is 2.06 bits per heavy atom. The fourth-order valence-electron chi connectivity index (χ4n) is 5.35. The van der Waals surface area contributed by atoms with Crippen LogP contribution in [0.3, 0.4) is 0 Å². The molecule has 2 saturated carbocycles. The van der Waals surface area contributed by atoms with Crippen molar-refractivity contribution in [3.8, 4) is 0 Å². The monoisotopic (exact) mass is 489 g/mol. The largest absolute Gasteiger partial charge is 0.743 e. The second-order valence-electron chi connectivity index (χ2n) is 9.39. The summed E-state index contributed by atoms with van der Waals surface area (Å²) in [5.41, 5.74) is 0. The minimum absolute atomic E-state index is 0.0162. The van der Waals surface area contributed by atoms with Crippen LogP contribution >= 0.6 is 0 Å². The fraction of sp³-hybridized carbons (Fsp3) is 0.889. The predicted octanol–water partition coefficient (Wildman–Crippen LogP) is 1.76. The van der Waals surface area contributed by atoms with Crippen LogP contribution in [0.1, 0.15) is 40.0 Å². The molecule has 9 nitrogen and oxygen atoms in total. The standard InChI is InChI=1S/C18H22F4O9S/c1-15(2)30-13(23)9(14(24)31-15)6-16(3)28-11-7-4-8(12(11)29-16)10(5-7)17(19,20)18(21,22)32(25,26)27/h7-12H,4-6H2,1-3H3,(H,25,26,27)/p-1. The van der Waals surface area contributed by atoms with Crippen molar-refractivity contribution in [2.75, 3.05) is 0 Å². The Morgan fingerprint density at radius 2 is 1.53 bits per heavy atom. The van der Waals surface area contributed by atoms with Gasteiger partial charge in [0.2, 0.25) is 0 Å². The molecule has 6 atom stereocenters. The molecule has 182 valence electrons. The zero-order valence-electron chi connectivity index (χ0n) is 17.2. The maximum atomic E-state index is 14.5. The molecule has 2 aliphatic carbocycles. The van der Waals surface area contributed by atoms with E-state index >= 15 is 0 Å². The summed E-state index contributed by atoms with van der Waals surface area (Å²) >= 11 is 0. The first-order valence-electron chi connectivity index (χ1n) is 9.91. The predicted molar refractivity (Wildman–Crippen MR) is 91.8 cm³/mol. The Morgan fingerprint density at radius 1 is 1.00 bits per heavy atom. The van der Waals surface area contributed by atoms with E-state index in [9.17, 15) is 40.1 Å². The number of rotatable bonds is 5. The molecule has 4 fully saturated rings. The Balaban J connectivity index is 1.51. The van der Waals surface area contributed by atoms with Crippen LogP contribution in [0.25, 0.3) is 0 Å². The van der Waals surface area contributed by atoms with Gasteiger partial charge in [-0.1, -0.05) is 0 Å². The summed E-state index contributed by atoms with van der Waals surface area (Å²) in [7, 11) is -6.61. The molecule has 0 aromatic heterocycles. The van der Waals surface area contributed by atoms with Gasteiger partial charge in [0.15, 0.2) is 21.8 Å². The molecule has 0 spiro atoms. The third-order valence-electron chi connectivity index (χ3n) is 6.63. The first-order valence-corrected chi connectivity index (χ1v) is 11.3. The number of cyclic esters (lactones) is 2. The van der Waals surface area contributed by atoms with Crippen LogP contribution < -0.4 is 0 Å². The highest BCUT2D eigenvalue weighted by atomic mass is 32.2. The molecular formula is C18H21F4O9S-. The van der Waals surface area contributed by atoms with Crippen molar-refractivity contribution in [3.63, 3.8) is 0 Å². The fourth-order valence-corrected chi connectivity index (χ4v) is 5.84. The highest BCUT2D eigenvalue weighted by Crippen LogP contribution is 2.62. The van der Waals surface area contributed by atoms with E-state index in [2.05, 4.69) is 0 Å². The summed E-state index contributed by atoms with van der Waals surface area (Å²) < 4.78 is 111. The lowest BCUT2D eigenvalue weighted by atomic mass is 9.81. The number of hydrogen-bond acceptors (Lipinski definition) is 9. The maximum absolute atomic E-state index is 14.5. The van der Waals surface area contributed by atoms with E-state index in [0.29, 0.717) is 0 Å². The molecule has 2 heterocycles. The lowest BCUT2D eigenvalue weighted by molar-refractivity contribution is -0.250. The number of ether oxygens (including phenoxy) is 4. The molecular weight excluding hydrogens is 468 g/mol. The average Bonchev–Trinajstić information content (AvgIpc) is 3.26. The molecule has 0 amide bonds. The van der Waals surface area contributed by atoms with Gasteiger partial charge >= 0.3 is 23.1 Å². The molecule has 2 bridgehead atoms. The van der Waals surface area contributed by atoms with Gasteiger partial charge in [-0.2, -0.15) is 17.6 Å². The summed E-state index contributed by atoms with van der Waals surface area (Å²) in [6.07, 6.45) is -2.72. The maximum Gasteiger partial charge on any atom is 0.396 e. The van der Waals surface area contributed by atoms with Crippen LogP contribution in [0.15, 0.2) is 0 Å². The van der Waals surface area contributed by atoms with Gasteiger partial charge < -0.3 is 23.5 Å². The highest BCUT2D eigenvalue weighted by molar-refractivity contribution is 7.86. The van der Waals surface area contributed by atoms with Crippen molar-refractivity contribution in [3.05, 3.63) is 0 Å². The quantitative estimate of drug-likeness (QED) is 0.246. The van der Waals surface area contributed by atoms with E-state index in [0.717, 1.165) is 0 Å². The van der Waals surface area contributed by atoms with Crippen molar-refractivity contribution >= 4 is 22.1 Å². The number of esters is 2. The van der Waals surface area contributed by atoms with E-state index in [-0.39, 0.29) is 12.8 Å². The Bertz CT molecular complexity index is 932. The summed E-state index contributed by atoms with van der Waals surface area (Å²) in [5, 5.41) is -5.78. The van der Waals surface area contributed by atoms with Crippen molar-refractivity contribution in [2.24, 2.45) is 23.7 Å². The molecule has 2 saturated heterocycles. The van der Waals surface area contributed by atoms with Gasteiger partial charge in [0.05, 0.1) is 12.2 Å². The Labute approximate surface area is 180 Å². The topological polar surface area (TPSA) is 128 Å². The van der Waals surface area contributed by atoms with Gasteiger partial charge in [-0.15, -0.1) is 0 Å². The van der Waals surface area contributed by atoms with E-state index in [4.69, 9.17) is 18.9 Å². The molecule has 0 aromatic rings. The molecule has 4 aliphatic rings. The molecule has 32 heavy (non-hydrogen) atoms. The molecule has 14 heteroatoms. The van der Waals surface area contributed by atoms with Crippen LogP contribution in [0.5, 0.6) is 0 Å². The molecule has 6 unspecified atom stereocenters. The van der Waals surface area contributed by atoms with Crippen LogP contribution in [-0.2, 0) is 38.7 Å². The van der Waals surface area contributed by atoms with Crippen molar-refractivity contribution < 1.29 is 59.1 Å². The first kappa shape index (κ1) is 23.6. The van der Waals surface area contributed by atoms with Gasteiger partial charge in [0.25, 0.3) is 5.79 Å². The zero-order chi connectivity index (χ0) is 24.1. The Hall–Kier alpha value is -1.51. The number of halogens is 4. The number of fused-ring (bicyclic) bond motifs is 5. The van der Waals surface area contributed by atoms with Gasteiger partial charge in [-0.05, 0) is 31.6 Å².